The zero-order chi connectivity index (χ0) is 32.7. The SMILES string of the molecule is CCCCOCCOC(=O)CC(C(=O)OCCOCCCC)C(CC(=O)OCCOCCCC)C(=O)OCCOCCCC. The van der Waals surface area contributed by atoms with E-state index in [4.69, 9.17) is 37.9 Å². The maximum absolute atomic E-state index is 13.2. The van der Waals surface area contributed by atoms with Crippen LogP contribution in [0, 0.1) is 11.8 Å². The van der Waals surface area contributed by atoms with Crippen molar-refractivity contribution >= 4 is 23.9 Å². The summed E-state index contributed by atoms with van der Waals surface area (Å²) in [5, 5.41) is 0. The topological polar surface area (TPSA) is 142 Å². The fraction of sp³-hybridized carbons (Fsp3) is 0.875. The second-order valence-corrected chi connectivity index (χ2v) is 10.3. The number of carbonyl (C=O) groups is 4. The van der Waals surface area contributed by atoms with Gasteiger partial charge in [0.2, 0.25) is 0 Å². The standard InChI is InChI=1S/C32H58O12/c1-5-9-13-37-17-21-41-29(33)25-27(31(35)43-23-19-39-15-11-7-3)28(32(36)44-24-20-40-16-12-8-4)26-30(34)42-22-18-38-14-10-6-2/h27-28H,5-26H2,1-4H3. The van der Waals surface area contributed by atoms with Crippen LogP contribution in [0.3, 0.4) is 0 Å². The van der Waals surface area contributed by atoms with Crippen LogP contribution < -0.4 is 0 Å². The quantitative estimate of drug-likeness (QED) is 0.0604. The Morgan fingerprint density at radius 2 is 0.659 bits per heavy atom. The minimum Gasteiger partial charge on any atom is -0.463 e. The second-order valence-electron chi connectivity index (χ2n) is 10.3. The Kier molecular flexibility index (Phi) is 29.1. The predicted molar refractivity (Wildman–Crippen MR) is 163 cm³/mol. The minimum absolute atomic E-state index is 0.0140. The van der Waals surface area contributed by atoms with Crippen LogP contribution >= 0.6 is 0 Å². The van der Waals surface area contributed by atoms with Crippen molar-refractivity contribution in [2.45, 2.75) is 91.9 Å². The van der Waals surface area contributed by atoms with E-state index in [-0.39, 0.29) is 52.9 Å². The summed E-state index contributed by atoms with van der Waals surface area (Å²) in [7, 11) is 0. The highest BCUT2D eigenvalue weighted by atomic mass is 16.6. The second kappa shape index (κ2) is 30.7. The van der Waals surface area contributed by atoms with Crippen LogP contribution in [0.4, 0.5) is 0 Å². The number of carbonyl (C=O) groups excluding carboxylic acids is 4. The molecule has 0 aliphatic rings. The molecule has 0 amide bonds. The van der Waals surface area contributed by atoms with Crippen molar-refractivity contribution in [1.82, 2.24) is 0 Å². The summed E-state index contributed by atoms with van der Waals surface area (Å²) >= 11 is 0. The smallest absolute Gasteiger partial charge is 0.310 e. The molecule has 12 heteroatoms. The van der Waals surface area contributed by atoms with Crippen molar-refractivity contribution in [2.75, 3.05) is 79.3 Å². The predicted octanol–water partition coefficient (Wildman–Crippen LogP) is 4.44. The summed E-state index contributed by atoms with van der Waals surface area (Å²) in [5.74, 6) is -5.83. The Bertz CT molecular complexity index is 670. The average Bonchev–Trinajstić information content (AvgIpc) is 3.01. The van der Waals surface area contributed by atoms with E-state index >= 15 is 0 Å². The molecule has 0 fully saturated rings. The van der Waals surface area contributed by atoms with Gasteiger partial charge >= 0.3 is 23.9 Å². The first-order chi connectivity index (χ1) is 21.4. The number of hydrogen-bond donors (Lipinski definition) is 0. The van der Waals surface area contributed by atoms with Crippen LogP contribution in [-0.2, 0) is 57.1 Å². The van der Waals surface area contributed by atoms with Gasteiger partial charge in [-0.05, 0) is 25.7 Å². The molecule has 0 saturated heterocycles. The van der Waals surface area contributed by atoms with E-state index in [0.717, 1.165) is 51.4 Å². The monoisotopic (exact) mass is 634 g/mol. The van der Waals surface area contributed by atoms with Crippen molar-refractivity contribution < 1.29 is 57.1 Å². The van der Waals surface area contributed by atoms with E-state index in [1.165, 1.54) is 0 Å². The lowest BCUT2D eigenvalue weighted by molar-refractivity contribution is -0.169. The van der Waals surface area contributed by atoms with Crippen LogP contribution in [0.1, 0.15) is 91.9 Å². The Morgan fingerprint density at radius 3 is 0.932 bits per heavy atom. The first kappa shape index (κ1) is 41.7. The third-order valence-corrected chi connectivity index (χ3v) is 6.36. The minimum atomic E-state index is -1.35. The van der Waals surface area contributed by atoms with Gasteiger partial charge in [-0.3, -0.25) is 19.2 Å². The van der Waals surface area contributed by atoms with E-state index < -0.39 is 48.6 Å². The van der Waals surface area contributed by atoms with Crippen molar-refractivity contribution in [2.24, 2.45) is 11.8 Å². The van der Waals surface area contributed by atoms with Gasteiger partial charge in [0.15, 0.2) is 0 Å². The molecule has 0 radical (unpaired) electrons. The molecule has 0 aliphatic carbocycles. The van der Waals surface area contributed by atoms with Crippen molar-refractivity contribution in [3.05, 3.63) is 0 Å². The highest BCUT2D eigenvalue weighted by Gasteiger charge is 2.40. The molecular weight excluding hydrogens is 576 g/mol. The lowest BCUT2D eigenvalue weighted by atomic mass is 9.86. The first-order valence-corrected chi connectivity index (χ1v) is 16.4. The molecular formula is C32H58O12. The molecule has 0 bridgehead atoms. The van der Waals surface area contributed by atoms with Crippen LogP contribution in [0.25, 0.3) is 0 Å². The third-order valence-electron chi connectivity index (χ3n) is 6.36. The van der Waals surface area contributed by atoms with Crippen LogP contribution in [0.5, 0.6) is 0 Å². The van der Waals surface area contributed by atoms with Crippen molar-refractivity contribution in [3.63, 3.8) is 0 Å². The lowest BCUT2D eigenvalue weighted by Gasteiger charge is -2.23. The summed E-state index contributed by atoms with van der Waals surface area (Å²) in [6.45, 7) is 10.8. The largest absolute Gasteiger partial charge is 0.463 e. The molecule has 2 atom stereocenters. The molecule has 0 spiro atoms. The van der Waals surface area contributed by atoms with Gasteiger partial charge in [0.1, 0.15) is 26.4 Å². The van der Waals surface area contributed by atoms with E-state index in [1.54, 1.807) is 0 Å². The van der Waals surface area contributed by atoms with Gasteiger partial charge in [0.05, 0.1) is 51.1 Å². The Hall–Kier alpha value is -2.28. The van der Waals surface area contributed by atoms with E-state index in [2.05, 4.69) is 0 Å². The molecule has 0 N–H and O–H groups in total. The molecule has 44 heavy (non-hydrogen) atoms. The highest BCUT2D eigenvalue weighted by Crippen LogP contribution is 2.25. The fourth-order valence-electron chi connectivity index (χ4n) is 3.70. The number of unbranched alkanes of at least 4 members (excludes halogenated alkanes) is 4. The Balaban J connectivity index is 5.50. The van der Waals surface area contributed by atoms with Crippen LogP contribution in [0.15, 0.2) is 0 Å². The van der Waals surface area contributed by atoms with Crippen molar-refractivity contribution in [3.8, 4) is 0 Å². The van der Waals surface area contributed by atoms with Crippen molar-refractivity contribution in [1.29, 1.82) is 0 Å². The molecule has 0 heterocycles. The molecule has 0 aromatic heterocycles. The van der Waals surface area contributed by atoms with E-state index in [0.29, 0.717) is 26.4 Å². The average molecular weight is 635 g/mol. The fourth-order valence-corrected chi connectivity index (χ4v) is 3.70. The van der Waals surface area contributed by atoms with Gasteiger partial charge in [0.25, 0.3) is 0 Å². The van der Waals surface area contributed by atoms with Gasteiger partial charge in [0, 0.05) is 26.4 Å². The molecule has 12 nitrogen and oxygen atoms in total. The zero-order valence-electron chi connectivity index (χ0n) is 27.6. The summed E-state index contributed by atoms with van der Waals surface area (Å²) in [6.07, 6.45) is 6.39. The summed E-state index contributed by atoms with van der Waals surface area (Å²) in [5.41, 5.74) is 0. The first-order valence-electron chi connectivity index (χ1n) is 16.4. The molecule has 0 rings (SSSR count). The molecule has 0 aromatic carbocycles. The summed E-state index contributed by atoms with van der Waals surface area (Å²) in [6, 6.07) is 0. The molecule has 0 saturated carbocycles. The third kappa shape index (κ3) is 24.1. The van der Waals surface area contributed by atoms with Gasteiger partial charge in [-0.1, -0.05) is 53.4 Å². The molecule has 258 valence electrons. The number of hydrogen-bond acceptors (Lipinski definition) is 12. The molecule has 0 aliphatic heterocycles. The maximum Gasteiger partial charge on any atom is 0.310 e. The van der Waals surface area contributed by atoms with Crippen LogP contribution in [0.2, 0.25) is 0 Å². The maximum atomic E-state index is 13.2. The molecule has 0 aromatic rings. The Morgan fingerprint density at radius 1 is 0.386 bits per heavy atom. The summed E-state index contributed by atoms with van der Waals surface area (Å²) < 4.78 is 43.0. The normalized spacial score (nSPS) is 12.4. The zero-order valence-corrected chi connectivity index (χ0v) is 27.6. The van der Waals surface area contributed by atoms with E-state index in [9.17, 15) is 19.2 Å². The van der Waals surface area contributed by atoms with Gasteiger partial charge in [-0.15, -0.1) is 0 Å². The summed E-state index contributed by atoms with van der Waals surface area (Å²) in [4.78, 5) is 52.0. The van der Waals surface area contributed by atoms with Gasteiger partial charge < -0.3 is 37.9 Å². The van der Waals surface area contributed by atoms with Crippen LogP contribution in [-0.4, -0.2) is 103 Å². The number of ether oxygens (including phenoxy) is 8. The number of rotatable bonds is 31. The Labute approximate surface area is 264 Å². The van der Waals surface area contributed by atoms with Gasteiger partial charge in [-0.25, -0.2) is 0 Å². The van der Waals surface area contributed by atoms with Gasteiger partial charge in [-0.2, -0.15) is 0 Å². The lowest BCUT2D eigenvalue weighted by Crippen LogP contribution is -2.37. The molecule has 2 unspecified atom stereocenters. The highest BCUT2D eigenvalue weighted by molar-refractivity contribution is 5.88. The van der Waals surface area contributed by atoms with E-state index in [1.807, 2.05) is 27.7 Å². The number of esters is 4.